The molecule has 22 heavy (non-hydrogen) atoms. The topological polar surface area (TPSA) is 37.4 Å². The number of hydrogen-bond donors (Lipinski definition) is 0. The van der Waals surface area contributed by atoms with E-state index in [0.717, 1.165) is 5.69 Å². The number of carbonyl (C=O) groups excluding carboxylic acids is 2. The second-order valence-corrected chi connectivity index (χ2v) is 5.45. The van der Waals surface area contributed by atoms with Gasteiger partial charge in [0.1, 0.15) is 0 Å². The van der Waals surface area contributed by atoms with E-state index in [2.05, 4.69) is 6.58 Å². The first-order valence-electron chi connectivity index (χ1n) is 7.32. The van der Waals surface area contributed by atoms with Gasteiger partial charge in [-0.05, 0) is 24.3 Å². The van der Waals surface area contributed by atoms with E-state index in [1.165, 1.54) is 0 Å². The third-order valence-corrected chi connectivity index (χ3v) is 3.97. The van der Waals surface area contributed by atoms with Crippen LogP contribution in [0.4, 0.5) is 5.69 Å². The lowest BCUT2D eigenvalue weighted by Crippen LogP contribution is -2.24. The maximum atomic E-state index is 12.3. The highest BCUT2D eigenvalue weighted by Gasteiger charge is 2.28. The summed E-state index contributed by atoms with van der Waals surface area (Å²) in [6.45, 7) is 4.41. The monoisotopic (exact) mass is 291 g/mol. The van der Waals surface area contributed by atoms with Crippen molar-refractivity contribution in [2.75, 3.05) is 11.4 Å². The molecule has 1 heterocycles. The summed E-state index contributed by atoms with van der Waals surface area (Å²) in [7, 11) is 0. The normalized spacial score (nSPS) is 17.5. The molecule has 1 atom stereocenters. The van der Waals surface area contributed by atoms with Crippen molar-refractivity contribution in [2.24, 2.45) is 5.92 Å². The molecule has 0 aromatic heterocycles. The lowest BCUT2D eigenvalue weighted by atomic mass is 10.0. The SMILES string of the molecule is C=CC1CC(=O)N(c2ccc(C(=O)c3ccccc3)cc2)C1. The first-order chi connectivity index (χ1) is 10.7. The molecule has 0 bridgehead atoms. The fraction of sp³-hybridized carbons (Fsp3) is 0.158. The van der Waals surface area contributed by atoms with Gasteiger partial charge in [-0.25, -0.2) is 0 Å². The molecule has 110 valence electrons. The lowest BCUT2D eigenvalue weighted by Gasteiger charge is -2.16. The van der Waals surface area contributed by atoms with Crippen LogP contribution in [0.2, 0.25) is 0 Å². The van der Waals surface area contributed by atoms with Gasteiger partial charge >= 0.3 is 0 Å². The summed E-state index contributed by atoms with van der Waals surface area (Å²) in [6.07, 6.45) is 2.33. The molecule has 0 spiro atoms. The van der Waals surface area contributed by atoms with E-state index in [-0.39, 0.29) is 17.6 Å². The summed E-state index contributed by atoms with van der Waals surface area (Å²) in [5.41, 5.74) is 2.13. The third kappa shape index (κ3) is 2.70. The first-order valence-corrected chi connectivity index (χ1v) is 7.32. The maximum absolute atomic E-state index is 12.3. The third-order valence-electron chi connectivity index (χ3n) is 3.97. The van der Waals surface area contributed by atoms with Gasteiger partial charge in [0.15, 0.2) is 5.78 Å². The van der Waals surface area contributed by atoms with Crippen LogP contribution in [-0.4, -0.2) is 18.2 Å². The number of rotatable bonds is 4. The van der Waals surface area contributed by atoms with E-state index < -0.39 is 0 Å². The van der Waals surface area contributed by atoms with Crippen LogP contribution in [0, 0.1) is 5.92 Å². The Hall–Kier alpha value is -2.68. The Labute approximate surface area is 129 Å². The smallest absolute Gasteiger partial charge is 0.227 e. The van der Waals surface area contributed by atoms with Crippen molar-refractivity contribution in [3.05, 3.63) is 78.4 Å². The Morgan fingerprint density at radius 3 is 2.27 bits per heavy atom. The predicted molar refractivity (Wildman–Crippen MR) is 87.0 cm³/mol. The summed E-state index contributed by atoms with van der Waals surface area (Å²) < 4.78 is 0. The highest BCUT2D eigenvalue weighted by Crippen LogP contribution is 2.26. The standard InChI is InChI=1S/C19H17NO2/c1-2-14-12-18(21)20(13-14)17-10-8-16(9-11-17)19(22)15-6-4-3-5-7-15/h2-11,14H,1,12-13H2. The van der Waals surface area contributed by atoms with Crippen LogP contribution < -0.4 is 4.90 Å². The predicted octanol–water partition coefficient (Wildman–Crippen LogP) is 3.46. The molecule has 3 nitrogen and oxygen atoms in total. The summed E-state index contributed by atoms with van der Waals surface area (Å²) in [5, 5.41) is 0. The summed E-state index contributed by atoms with van der Waals surface area (Å²) in [6, 6.07) is 16.4. The fourth-order valence-electron chi connectivity index (χ4n) is 2.69. The molecular formula is C19H17NO2. The van der Waals surface area contributed by atoms with Gasteiger partial charge in [0, 0.05) is 35.7 Å². The zero-order chi connectivity index (χ0) is 15.5. The zero-order valence-electron chi connectivity index (χ0n) is 12.2. The van der Waals surface area contributed by atoms with Gasteiger partial charge in [-0.2, -0.15) is 0 Å². The molecular weight excluding hydrogens is 274 g/mol. The quantitative estimate of drug-likeness (QED) is 0.639. The Morgan fingerprint density at radius 2 is 1.68 bits per heavy atom. The van der Waals surface area contributed by atoms with Crippen LogP contribution in [0.1, 0.15) is 22.3 Å². The van der Waals surface area contributed by atoms with E-state index >= 15 is 0 Å². The maximum Gasteiger partial charge on any atom is 0.227 e. The van der Waals surface area contributed by atoms with E-state index in [0.29, 0.717) is 24.1 Å². The molecule has 1 unspecified atom stereocenters. The molecule has 2 aromatic rings. The Bertz CT molecular complexity index is 704. The number of benzene rings is 2. The highest BCUT2D eigenvalue weighted by molar-refractivity contribution is 6.09. The Morgan fingerprint density at radius 1 is 1.05 bits per heavy atom. The minimum atomic E-state index is -0.0103. The van der Waals surface area contributed by atoms with Crippen molar-refractivity contribution in [2.45, 2.75) is 6.42 Å². The van der Waals surface area contributed by atoms with E-state index in [4.69, 9.17) is 0 Å². The average molecular weight is 291 g/mol. The number of carbonyl (C=O) groups is 2. The molecule has 0 saturated carbocycles. The van der Waals surface area contributed by atoms with Crippen LogP contribution in [0.25, 0.3) is 0 Å². The van der Waals surface area contributed by atoms with Crippen LogP contribution >= 0.6 is 0 Å². The zero-order valence-corrected chi connectivity index (χ0v) is 12.2. The second-order valence-electron chi connectivity index (χ2n) is 5.45. The minimum absolute atomic E-state index is 0.0103. The molecule has 1 fully saturated rings. The van der Waals surface area contributed by atoms with Crippen molar-refractivity contribution >= 4 is 17.4 Å². The van der Waals surface area contributed by atoms with Crippen molar-refractivity contribution in [3.8, 4) is 0 Å². The number of ketones is 1. The number of anilines is 1. The first kappa shape index (κ1) is 14.3. The van der Waals surface area contributed by atoms with Crippen molar-refractivity contribution < 1.29 is 9.59 Å². The Balaban J connectivity index is 1.80. The van der Waals surface area contributed by atoms with Crippen molar-refractivity contribution in [3.63, 3.8) is 0 Å². The van der Waals surface area contributed by atoms with Gasteiger partial charge < -0.3 is 4.90 Å². The largest absolute Gasteiger partial charge is 0.312 e. The molecule has 3 heteroatoms. The molecule has 3 rings (SSSR count). The van der Waals surface area contributed by atoms with Gasteiger partial charge in [0.25, 0.3) is 0 Å². The van der Waals surface area contributed by atoms with E-state index in [1.807, 2.05) is 36.4 Å². The van der Waals surface area contributed by atoms with E-state index in [1.54, 1.807) is 29.2 Å². The van der Waals surface area contributed by atoms with Crippen LogP contribution in [-0.2, 0) is 4.79 Å². The lowest BCUT2D eigenvalue weighted by molar-refractivity contribution is -0.117. The summed E-state index contributed by atoms with van der Waals surface area (Å²) >= 11 is 0. The van der Waals surface area contributed by atoms with Crippen molar-refractivity contribution in [1.82, 2.24) is 0 Å². The van der Waals surface area contributed by atoms with Gasteiger partial charge in [-0.15, -0.1) is 6.58 Å². The molecule has 1 aliphatic heterocycles. The van der Waals surface area contributed by atoms with Gasteiger partial charge in [0.2, 0.25) is 5.91 Å². The fourth-order valence-corrected chi connectivity index (χ4v) is 2.69. The second kappa shape index (κ2) is 5.98. The van der Waals surface area contributed by atoms with Crippen LogP contribution in [0.15, 0.2) is 67.3 Å². The molecule has 0 radical (unpaired) electrons. The Kier molecular flexibility index (Phi) is 3.88. The molecule has 1 saturated heterocycles. The molecule has 1 amide bonds. The van der Waals surface area contributed by atoms with Gasteiger partial charge in [0.05, 0.1) is 0 Å². The van der Waals surface area contributed by atoms with Crippen molar-refractivity contribution in [1.29, 1.82) is 0 Å². The number of amides is 1. The molecule has 1 aliphatic rings. The molecule has 0 N–H and O–H groups in total. The number of hydrogen-bond acceptors (Lipinski definition) is 2. The summed E-state index contributed by atoms with van der Waals surface area (Å²) in [4.78, 5) is 26.1. The average Bonchev–Trinajstić information content (AvgIpc) is 2.96. The van der Waals surface area contributed by atoms with Gasteiger partial charge in [-0.1, -0.05) is 36.4 Å². The molecule has 2 aromatic carbocycles. The number of nitrogens with zero attached hydrogens (tertiary/aromatic N) is 1. The summed E-state index contributed by atoms with van der Waals surface area (Å²) in [5.74, 6) is 0.300. The van der Waals surface area contributed by atoms with Gasteiger partial charge in [-0.3, -0.25) is 9.59 Å². The van der Waals surface area contributed by atoms with Crippen LogP contribution in [0.5, 0.6) is 0 Å². The molecule has 0 aliphatic carbocycles. The highest BCUT2D eigenvalue weighted by atomic mass is 16.2. The minimum Gasteiger partial charge on any atom is -0.312 e. The van der Waals surface area contributed by atoms with E-state index in [9.17, 15) is 9.59 Å². The van der Waals surface area contributed by atoms with Crippen LogP contribution in [0.3, 0.4) is 0 Å².